The first-order chi connectivity index (χ1) is 11.8. The molecule has 0 bridgehead atoms. The van der Waals surface area contributed by atoms with Crippen LogP contribution < -0.4 is 5.30 Å². The predicted molar refractivity (Wildman–Crippen MR) is 102 cm³/mol. The molecule has 4 heteroatoms. The molecule has 0 radical (unpaired) electrons. The third-order valence-corrected chi connectivity index (χ3v) is 8.42. The highest BCUT2D eigenvalue weighted by Gasteiger charge is 2.45. The van der Waals surface area contributed by atoms with Gasteiger partial charge in [0, 0.05) is 28.2 Å². The molecule has 124 valence electrons. The number of hydrogen-bond donors (Lipinski definition) is 0. The zero-order valence-corrected chi connectivity index (χ0v) is 15.2. The second-order valence-corrected chi connectivity index (χ2v) is 9.43. The Hall–Kier alpha value is -1.41. The summed E-state index contributed by atoms with van der Waals surface area (Å²) in [6.07, 6.45) is 5.41. The van der Waals surface area contributed by atoms with Crippen molar-refractivity contribution in [2.45, 2.75) is 37.8 Å². The minimum absolute atomic E-state index is 0.477. The van der Waals surface area contributed by atoms with Crippen LogP contribution in [0.5, 0.6) is 0 Å². The largest absolute Gasteiger partial charge is 0.455 e. The summed E-state index contributed by atoms with van der Waals surface area (Å²) in [4.78, 5) is 0. The normalized spacial score (nSPS) is 26.4. The summed E-state index contributed by atoms with van der Waals surface area (Å²) in [6.45, 7) is 0. The maximum atomic E-state index is 6.31. The van der Waals surface area contributed by atoms with Crippen LogP contribution in [0, 0.1) is 0 Å². The lowest BCUT2D eigenvalue weighted by Gasteiger charge is -2.29. The highest BCUT2D eigenvalue weighted by atomic mass is 31.1. The van der Waals surface area contributed by atoms with Crippen molar-refractivity contribution in [2.75, 3.05) is 14.1 Å². The standard InChI is InChI=1S/C20H23N2OP/c1-21-16-10-4-5-11-17(16)22(2)24(21)19-13-7-9-15-14-8-3-6-12-18(14)23-20(15)19/h3,6-9,12-13,16-17H,4-5,10-11H2,1-2H3/t16-,17-/m1/s1. The average molecular weight is 338 g/mol. The molecule has 3 aromatic rings. The summed E-state index contributed by atoms with van der Waals surface area (Å²) in [7, 11) is 4.16. The molecule has 1 aliphatic carbocycles. The molecule has 2 aromatic carbocycles. The molecule has 1 aromatic heterocycles. The van der Waals surface area contributed by atoms with Crippen LogP contribution in [-0.4, -0.2) is 35.5 Å². The molecule has 0 spiro atoms. The lowest BCUT2D eigenvalue weighted by atomic mass is 9.91. The fraction of sp³-hybridized carbons (Fsp3) is 0.400. The number of hydrogen-bond acceptors (Lipinski definition) is 3. The van der Waals surface area contributed by atoms with Crippen LogP contribution in [0.1, 0.15) is 25.7 Å². The molecule has 2 fully saturated rings. The van der Waals surface area contributed by atoms with Crippen molar-refractivity contribution in [1.82, 2.24) is 9.34 Å². The summed E-state index contributed by atoms with van der Waals surface area (Å²) in [5, 5.41) is 3.85. The summed E-state index contributed by atoms with van der Waals surface area (Å²) in [6, 6.07) is 16.5. The fourth-order valence-electron chi connectivity index (χ4n) is 4.70. The number of benzene rings is 2. The van der Waals surface area contributed by atoms with Gasteiger partial charge in [0.05, 0.1) is 8.22 Å². The van der Waals surface area contributed by atoms with Crippen LogP contribution in [0.25, 0.3) is 21.9 Å². The van der Waals surface area contributed by atoms with Crippen molar-refractivity contribution in [3.8, 4) is 0 Å². The van der Waals surface area contributed by atoms with E-state index < -0.39 is 8.22 Å². The van der Waals surface area contributed by atoms with Gasteiger partial charge < -0.3 is 4.42 Å². The van der Waals surface area contributed by atoms with E-state index in [4.69, 9.17) is 4.42 Å². The number of furan rings is 1. The van der Waals surface area contributed by atoms with Crippen LogP contribution in [-0.2, 0) is 0 Å². The number of likely N-dealkylation sites (N-methyl/N-ethyl adjacent to an activating group) is 2. The van der Waals surface area contributed by atoms with E-state index in [1.165, 1.54) is 41.8 Å². The van der Waals surface area contributed by atoms with Gasteiger partial charge in [-0.25, -0.2) is 0 Å². The molecule has 3 nitrogen and oxygen atoms in total. The molecule has 2 heterocycles. The molecular weight excluding hydrogens is 315 g/mol. The Morgan fingerprint density at radius 2 is 1.54 bits per heavy atom. The van der Waals surface area contributed by atoms with Crippen LogP contribution in [0.2, 0.25) is 0 Å². The van der Waals surface area contributed by atoms with Crippen LogP contribution >= 0.6 is 8.22 Å². The highest BCUT2D eigenvalue weighted by Crippen LogP contribution is 2.55. The van der Waals surface area contributed by atoms with Gasteiger partial charge in [0.1, 0.15) is 11.2 Å². The van der Waals surface area contributed by atoms with Gasteiger partial charge in [-0.2, -0.15) is 0 Å². The number of para-hydroxylation sites is 2. The zero-order chi connectivity index (χ0) is 16.3. The second kappa shape index (κ2) is 5.56. The molecule has 0 N–H and O–H groups in total. The van der Waals surface area contributed by atoms with Gasteiger partial charge in [-0.15, -0.1) is 0 Å². The van der Waals surface area contributed by atoms with Gasteiger partial charge in [-0.3, -0.25) is 9.34 Å². The van der Waals surface area contributed by atoms with E-state index in [1.807, 2.05) is 0 Å². The Morgan fingerprint density at radius 1 is 0.875 bits per heavy atom. The van der Waals surface area contributed by atoms with E-state index in [-0.39, 0.29) is 0 Å². The van der Waals surface area contributed by atoms with E-state index in [0.717, 1.165) is 11.2 Å². The molecular formula is C20H23N2OP. The van der Waals surface area contributed by atoms with Crippen molar-refractivity contribution < 1.29 is 4.42 Å². The highest BCUT2D eigenvalue weighted by molar-refractivity contribution is 7.61. The Kier molecular flexibility index (Phi) is 3.45. The smallest absolute Gasteiger partial charge is 0.145 e. The van der Waals surface area contributed by atoms with Gasteiger partial charge in [0.2, 0.25) is 0 Å². The van der Waals surface area contributed by atoms with E-state index in [1.54, 1.807) is 0 Å². The van der Waals surface area contributed by atoms with Crippen molar-refractivity contribution in [3.05, 3.63) is 42.5 Å². The van der Waals surface area contributed by atoms with E-state index >= 15 is 0 Å². The van der Waals surface area contributed by atoms with Gasteiger partial charge in [-0.1, -0.05) is 43.2 Å². The number of nitrogens with zero attached hydrogens (tertiary/aromatic N) is 2. The maximum absolute atomic E-state index is 6.31. The molecule has 1 saturated carbocycles. The first-order valence-electron chi connectivity index (χ1n) is 8.91. The average Bonchev–Trinajstić information content (AvgIpc) is 3.12. The zero-order valence-electron chi connectivity index (χ0n) is 14.3. The second-order valence-electron chi connectivity index (χ2n) is 7.11. The van der Waals surface area contributed by atoms with Crippen molar-refractivity contribution in [3.63, 3.8) is 0 Å². The van der Waals surface area contributed by atoms with E-state index in [9.17, 15) is 0 Å². The molecule has 2 atom stereocenters. The van der Waals surface area contributed by atoms with Crippen molar-refractivity contribution >= 4 is 35.5 Å². The third-order valence-electron chi connectivity index (χ3n) is 5.85. The van der Waals surface area contributed by atoms with Crippen LogP contribution in [0.4, 0.5) is 0 Å². The minimum Gasteiger partial charge on any atom is -0.455 e. The Morgan fingerprint density at radius 3 is 2.29 bits per heavy atom. The van der Waals surface area contributed by atoms with Gasteiger partial charge in [0.25, 0.3) is 0 Å². The molecule has 1 aliphatic heterocycles. The Bertz CT molecular complexity index is 887. The molecule has 0 unspecified atom stereocenters. The molecule has 5 rings (SSSR count). The maximum Gasteiger partial charge on any atom is 0.145 e. The van der Waals surface area contributed by atoms with Crippen LogP contribution in [0.3, 0.4) is 0 Å². The third kappa shape index (κ3) is 2.02. The van der Waals surface area contributed by atoms with Gasteiger partial charge >= 0.3 is 0 Å². The monoisotopic (exact) mass is 338 g/mol. The lowest BCUT2D eigenvalue weighted by Crippen LogP contribution is -2.37. The summed E-state index contributed by atoms with van der Waals surface area (Å²) >= 11 is 0. The van der Waals surface area contributed by atoms with Gasteiger partial charge in [-0.05, 0) is 39.1 Å². The first-order valence-corrected chi connectivity index (χ1v) is 10.2. The lowest BCUT2D eigenvalue weighted by molar-refractivity contribution is 0.233. The fourth-order valence-corrected chi connectivity index (χ4v) is 7.49. The van der Waals surface area contributed by atoms with Crippen molar-refractivity contribution in [2.24, 2.45) is 0 Å². The van der Waals surface area contributed by atoms with Crippen molar-refractivity contribution in [1.29, 1.82) is 0 Å². The molecule has 0 amide bonds. The van der Waals surface area contributed by atoms with E-state index in [2.05, 4.69) is 65.9 Å². The van der Waals surface area contributed by atoms with E-state index in [0.29, 0.717) is 12.1 Å². The molecule has 24 heavy (non-hydrogen) atoms. The number of rotatable bonds is 1. The topological polar surface area (TPSA) is 19.6 Å². The molecule has 2 aliphatic rings. The Balaban J connectivity index is 1.68. The molecule has 1 saturated heterocycles. The predicted octanol–water partition coefficient (Wildman–Crippen LogP) is 4.71. The Labute approximate surface area is 144 Å². The quantitative estimate of drug-likeness (QED) is 0.599. The first kappa shape index (κ1) is 14.9. The summed E-state index contributed by atoms with van der Waals surface area (Å²) < 4.78 is 11.6. The van der Waals surface area contributed by atoms with Gasteiger partial charge in [0.15, 0.2) is 0 Å². The summed E-state index contributed by atoms with van der Waals surface area (Å²) in [5.41, 5.74) is 2.08. The van der Waals surface area contributed by atoms with Crippen LogP contribution in [0.15, 0.2) is 46.9 Å². The summed E-state index contributed by atoms with van der Waals surface area (Å²) in [5.74, 6) is 0. The number of fused-ring (bicyclic) bond motifs is 4. The minimum atomic E-state index is -0.477. The SMILES string of the molecule is CN1[C@@H]2CCCC[C@H]2N(C)P1c1cccc2c1oc1ccccc12.